The number of benzene rings is 7. The van der Waals surface area contributed by atoms with E-state index < -0.39 is 5.41 Å². The van der Waals surface area contributed by atoms with Crippen LogP contribution in [-0.4, -0.2) is 4.57 Å². The lowest BCUT2D eigenvalue weighted by atomic mass is 9.66. The van der Waals surface area contributed by atoms with Gasteiger partial charge in [0.25, 0.3) is 0 Å². The number of nitrogens with zero attached hydrogens (tertiary/aromatic N) is 2. The zero-order chi connectivity index (χ0) is 29.7. The highest BCUT2D eigenvalue weighted by Gasteiger charge is 2.51. The Balaban J connectivity index is 1.43. The summed E-state index contributed by atoms with van der Waals surface area (Å²) in [6, 6.07) is 53.9. The molecule has 208 valence electrons. The van der Waals surface area contributed by atoms with Crippen molar-refractivity contribution in [1.29, 1.82) is 5.26 Å². The molecule has 10 rings (SSSR count). The minimum Gasteiger partial charge on any atom is -0.454 e. The summed E-state index contributed by atoms with van der Waals surface area (Å²) < 4.78 is 9.43. The molecular formula is C42H24N2O. The Morgan fingerprint density at radius 3 is 1.89 bits per heavy atom. The van der Waals surface area contributed by atoms with Crippen LogP contribution in [0.3, 0.4) is 0 Å². The van der Waals surface area contributed by atoms with E-state index in [4.69, 9.17) is 4.74 Å². The van der Waals surface area contributed by atoms with Crippen molar-refractivity contribution in [3.8, 4) is 34.4 Å². The van der Waals surface area contributed by atoms with Crippen LogP contribution in [0.5, 0.6) is 11.5 Å². The maximum Gasteiger partial charge on any atom is 0.156 e. The number of fused-ring (bicyclic) bond motifs is 15. The van der Waals surface area contributed by atoms with Gasteiger partial charge < -0.3 is 9.30 Å². The van der Waals surface area contributed by atoms with Crippen molar-refractivity contribution in [1.82, 2.24) is 4.57 Å². The molecule has 1 aromatic heterocycles. The molecule has 0 saturated carbocycles. The molecule has 0 atom stereocenters. The summed E-state index contributed by atoms with van der Waals surface area (Å²) in [6.45, 7) is 0. The first-order valence-electron chi connectivity index (χ1n) is 15.3. The van der Waals surface area contributed by atoms with Crippen molar-refractivity contribution >= 4 is 32.6 Å². The highest BCUT2D eigenvalue weighted by Crippen LogP contribution is 2.63. The maximum absolute atomic E-state index is 9.60. The van der Waals surface area contributed by atoms with Crippen LogP contribution in [0.2, 0.25) is 0 Å². The summed E-state index contributed by atoms with van der Waals surface area (Å²) in [5.74, 6) is 1.73. The van der Waals surface area contributed by atoms with Crippen LogP contribution < -0.4 is 4.74 Å². The van der Waals surface area contributed by atoms with Crippen LogP contribution in [-0.2, 0) is 5.41 Å². The monoisotopic (exact) mass is 572 g/mol. The van der Waals surface area contributed by atoms with E-state index in [1.807, 2.05) is 24.3 Å². The van der Waals surface area contributed by atoms with Crippen LogP contribution in [0.4, 0.5) is 0 Å². The zero-order valence-electron chi connectivity index (χ0n) is 24.2. The van der Waals surface area contributed by atoms with Crippen LogP contribution in [0.1, 0.15) is 27.8 Å². The van der Waals surface area contributed by atoms with Crippen molar-refractivity contribution < 1.29 is 4.74 Å². The molecule has 0 fully saturated rings. The van der Waals surface area contributed by atoms with E-state index >= 15 is 0 Å². The quantitative estimate of drug-likeness (QED) is 0.196. The number of aromatic nitrogens is 1. The molecule has 0 amide bonds. The molecule has 3 heteroatoms. The third-order valence-electron chi connectivity index (χ3n) is 9.88. The summed E-state index contributed by atoms with van der Waals surface area (Å²) in [5.41, 5.74) is 10.6. The van der Waals surface area contributed by atoms with Crippen LogP contribution >= 0.6 is 0 Å². The zero-order valence-corrected chi connectivity index (χ0v) is 24.2. The molecule has 0 N–H and O–H groups in total. The average molecular weight is 573 g/mol. The summed E-state index contributed by atoms with van der Waals surface area (Å²) >= 11 is 0. The molecule has 1 spiro atoms. The predicted molar refractivity (Wildman–Crippen MR) is 180 cm³/mol. The Labute approximate surface area is 259 Å². The minimum atomic E-state index is -0.542. The van der Waals surface area contributed by atoms with Gasteiger partial charge in [-0.3, -0.25) is 0 Å². The van der Waals surface area contributed by atoms with E-state index in [0.717, 1.165) is 44.7 Å². The number of rotatable bonds is 1. The molecule has 8 aromatic rings. The Hall–Kier alpha value is -6.11. The summed E-state index contributed by atoms with van der Waals surface area (Å²) in [7, 11) is 0. The maximum atomic E-state index is 9.60. The second kappa shape index (κ2) is 8.72. The van der Waals surface area contributed by atoms with Gasteiger partial charge in [-0.15, -0.1) is 0 Å². The van der Waals surface area contributed by atoms with Crippen LogP contribution in [0.15, 0.2) is 146 Å². The van der Waals surface area contributed by atoms with Gasteiger partial charge in [0, 0.05) is 33.0 Å². The molecule has 1 aliphatic heterocycles. The molecule has 0 radical (unpaired) electrons. The number of ether oxygens (including phenoxy) is 1. The molecular weight excluding hydrogens is 548 g/mol. The molecule has 7 aromatic carbocycles. The smallest absolute Gasteiger partial charge is 0.156 e. The van der Waals surface area contributed by atoms with E-state index in [1.54, 1.807) is 0 Å². The van der Waals surface area contributed by atoms with Gasteiger partial charge >= 0.3 is 0 Å². The second-order valence-corrected chi connectivity index (χ2v) is 12.0. The van der Waals surface area contributed by atoms with E-state index in [1.165, 1.54) is 38.4 Å². The fraction of sp³-hybridized carbons (Fsp3) is 0.0238. The fourth-order valence-corrected chi connectivity index (χ4v) is 8.11. The molecule has 0 bridgehead atoms. The number of para-hydroxylation sites is 1. The van der Waals surface area contributed by atoms with Gasteiger partial charge in [-0.25, -0.2) is 0 Å². The fourth-order valence-electron chi connectivity index (χ4n) is 8.11. The van der Waals surface area contributed by atoms with Crippen molar-refractivity contribution in [2.24, 2.45) is 0 Å². The summed E-state index contributed by atoms with van der Waals surface area (Å²) in [5, 5.41) is 14.2. The van der Waals surface area contributed by atoms with Gasteiger partial charge in [-0.05, 0) is 58.0 Å². The van der Waals surface area contributed by atoms with Gasteiger partial charge in [0.05, 0.1) is 28.1 Å². The molecule has 0 saturated heterocycles. The highest BCUT2D eigenvalue weighted by molar-refractivity contribution is 6.20. The van der Waals surface area contributed by atoms with Crippen molar-refractivity contribution in [3.63, 3.8) is 0 Å². The third-order valence-corrected chi connectivity index (χ3v) is 9.88. The Morgan fingerprint density at radius 1 is 0.511 bits per heavy atom. The Kier molecular flexibility index (Phi) is 4.72. The van der Waals surface area contributed by atoms with Crippen LogP contribution in [0.25, 0.3) is 49.4 Å². The van der Waals surface area contributed by atoms with Crippen molar-refractivity contribution in [2.75, 3.05) is 0 Å². The van der Waals surface area contributed by atoms with Crippen molar-refractivity contribution in [2.45, 2.75) is 5.41 Å². The number of hydrogen-bond donors (Lipinski definition) is 0. The lowest BCUT2D eigenvalue weighted by Gasteiger charge is -2.39. The first kappa shape index (κ1) is 24.3. The average Bonchev–Trinajstić information content (AvgIpc) is 3.60. The number of hydrogen-bond acceptors (Lipinski definition) is 2. The standard InChI is InChI=1S/C42H24N2O/c43-25-26-17-20-28(21-18-26)44-39-29-10-2-1-9-27(29)19-22-32(39)33-23-24-37-41(40(33)44)45-38-16-8-7-15-36(38)42(37)34-13-5-3-11-30(34)31-12-4-6-14-35(31)42/h1-24H. The normalized spacial score (nSPS) is 13.7. The third kappa shape index (κ3) is 2.98. The van der Waals surface area contributed by atoms with E-state index in [-0.39, 0.29) is 0 Å². The lowest BCUT2D eigenvalue weighted by molar-refractivity contribution is 0.440. The SMILES string of the molecule is N#Cc1ccc(-n2c3c4c(ccc3c3ccc5ccccc5c32)C2(c3ccccc3O4)c3ccccc3-c3ccccc32)cc1. The molecule has 2 aliphatic rings. The molecule has 2 heterocycles. The first-order valence-corrected chi connectivity index (χ1v) is 15.3. The second-order valence-electron chi connectivity index (χ2n) is 12.0. The minimum absolute atomic E-state index is 0.542. The van der Waals surface area contributed by atoms with Crippen LogP contribution in [0, 0.1) is 11.3 Å². The largest absolute Gasteiger partial charge is 0.454 e. The summed E-state index contributed by atoms with van der Waals surface area (Å²) in [4.78, 5) is 0. The van der Waals surface area contributed by atoms with E-state index in [2.05, 4.69) is 132 Å². The van der Waals surface area contributed by atoms with Crippen molar-refractivity contribution in [3.05, 3.63) is 173 Å². The first-order chi connectivity index (χ1) is 22.3. The van der Waals surface area contributed by atoms with Gasteiger partial charge in [-0.2, -0.15) is 5.26 Å². The molecule has 1 aliphatic carbocycles. The van der Waals surface area contributed by atoms with Gasteiger partial charge in [0.1, 0.15) is 5.75 Å². The lowest BCUT2D eigenvalue weighted by Crippen LogP contribution is -2.32. The van der Waals surface area contributed by atoms with E-state index in [9.17, 15) is 5.26 Å². The number of nitriles is 1. The molecule has 3 nitrogen and oxygen atoms in total. The molecule has 45 heavy (non-hydrogen) atoms. The summed E-state index contributed by atoms with van der Waals surface area (Å²) in [6.07, 6.45) is 0. The van der Waals surface area contributed by atoms with E-state index in [0.29, 0.717) is 5.56 Å². The Bertz CT molecular complexity index is 2540. The highest BCUT2D eigenvalue weighted by atomic mass is 16.5. The molecule has 0 unspecified atom stereocenters. The van der Waals surface area contributed by atoms with Gasteiger partial charge in [0.2, 0.25) is 0 Å². The topological polar surface area (TPSA) is 38.0 Å². The predicted octanol–water partition coefficient (Wildman–Crippen LogP) is 10.3. The van der Waals surface area contributed by atoms with Gasteiger partial charge in [-0.1, -0.05) is 115 Å². The van der Waals surface area contributed by atoms with Gasteiger partial charge in [0.15, 0.2) is 5.75 Å². The Morgan fingerprint density at radius 2 is 1.13 bits per heavy atom.